The van der Waals surface area contributed by atoms with Crippen molar-refractivity contribution in [3.05, 3.63) is 227 Å². The lowest BCUT2D eigenvalue weighted by Crippen LogP contribution is -2.38. The van der Waals surface area contributed by atoms with Crippen LogP contribution in [0.25, 0.3) is 108 Å². The minimum absolute atomic E-state index is 0. The molecule has 0 saturated carbocycles. The van der Waals surface area contributed by atoms with Gasteiger partial charge in [0.25, 0.3) is 11.8 Å². The van der Waals surface area contributed by atoms with E-state index in [4.69, 9.17) is 130 Å². The number of likely N-dealkylation sites (tertiary alicyclic amines) is 4. The highest BCUT2D eigenvalue weighted by molar-refractivity contribution is 6.59. The van der Waals surface area contributed by atoms with Crippen LogP contribution in [0.3, 0.4) is 0 Å². The zero-order chi connectivity index (χ0) is 104. The number of aromatic nitrogens is 22. The topological polar surface area (TPSA) is 666 Å². The highest BCUT2D eigenvalue weighted by Gasteiger charge is 2.31. The fourth-order valence-electron chi connectivity index (χ4n) is 16.2. The number of hydrogen-bond acceptors (Lipinski definition) is 40. The number of aromatic carboxylic acids is 1. The molecular weight excluding hydrogens is 2030 g/mol. The third-order valence-electron chi connectivity index (χ3n) is 24.1. The minimum Gasteiger partial charge on any atom is -0.476 e. The number of carboxylic acids is 1. The molecule has 0 bridgehead atoms. The Morgan fingerprint density at radius 1 is 0.396 bits per heavy atom. The van der Waals surface area contributed by atoms with Crippen molar-refractivity contribution in [3.63, 3.8) is 0 Å². The summed E-state index contributed by atoms with van der Waals surface area (Å²) >= 11 is 30.2. The Balaban J connectivity index is 0.000000148. The number of rotatable bonds is 19. The lowest BCUT2D eigenvalue weighted by atomic mass is 9.82. The van der Waals surface area contributed by atoms with E-state index in [0.717, 1.165) is 57.5 Å². The van der Waals surface area contributed by atoms with Crippen molar-refractivity contribution in [1.82, 2.24) is 137 Å². The summed E-state index contributed by atoms with van der Waals surface area (Å²) in [5.41, 5.74) is 42.4. The molecule has 778 valence electrons. The number of nitrogens with zero attached hydrogens (tertiary/aromatic N) is 26. The molecule has 18 aromatic heterocycles. The second kappa shape index (κ2) is 51.0. The fourth-order valence-corrected chi connectivity index (χ4v) is 17.1. The molecule has 4 aliphatic rings. The molecule has 48 nitrogen and oxygen atoms in total. The van der Waals surface area contributed by atoms with E-state index in [2.05, 4.69) is 148 Å². The van der Waals surface area contributed by atoms with Gasteiger partial charge < -0.3 is 117 Å². The predicted octanol–water partition coefficient (Wildman–Crippen LogP) is 8.58. The Labute approximate surface area is 876 Å². The van der Waals surface area contributed by atoms with E-state index >= 15 is 0 Å². The van der Waals surface area contributed by atoms with Gasteiger partial charge in [-0.25, -0.2) is 94.3 Å². The molecule has 22 rings (SSSR count). The summed E-state index contributed by atoms with van der Waals surface area (Å²) in [4.78, 5) is 129. The number of amides is 2. The van der Waals surface area contributed by atoms with Crippen molar-refractivity contribution < 1.29 is 66.8 Å². The van der Waals surface area contributed by atoms with Gasteiger partial charge in [-0.1, -0.05) is 85.0 Å². The number of nitrogen functional groups attached to an aromatic ring is 4. The van der Waals surface area contributed by atoms with Crippen LogP contribution in [-0.2, 0) is 4.74 Å². The van der Waals surface area contributed by atoms with E-state index in [9.17, 15) is 24.3 Å². The number of anilines is 4. The molecule has 0 aliphatic carbocycles. The van der Waals surface area contributed by atoms with Gasteiger partial charge >= 0.3 is 26.2 Å². The molecular formula is C94H107B2Cl5N34O14. The molecule has 18 aromatic rings. The molecule has 0 spiro atoms. The summed E-state index contributed by atoms with van der Waals surface area (Å²) in [6.45, 7) is 7.22. The number of oxazole rings is 4. The number of halogens is 5. The van der Waals surface area contributed by atoms with Crippen molar-refractivity contribution in [2.75, 3.05) is 111 Å². The number of nitrogens with two attached hydrogens (primary N) is 6. The first-order chi connectivity index (χ1) is 70.8. The molecule has 0 unspecified atom stereocenters. The summed E-state index contributed by atoms with van der Waals surface area (Å²) in [5.74, 6) is -2.25. The summed E-state index contributed by atoms with van der Waals surface area (Å²) in [6.07, 6.45) is 39.0. The van der Waals surface area contributed by atoms with Crippen LogP contribution in [0.4, 0.5) is 23.3 Å². The van der Waals surface area contributed by atoms with E-state index in [1.807, 2.05) is 12.1 Å². The van der Waals surface area contributed by atoms with Gasteiger partial charge in [-0.05, 0) is 165 Å². The first kappa shape index (κ1) is 111. The maximum absolute atomic E-state index is 12.9. The van der Waals surface area contributed by atoms with E-state index in [1.54, 1.807) is 120 Å². The van der Waals surface area contributed by atoms with Crippen LogP contribution in [0.2, 0.25) is 25.8 Å². The van der Waals surface area contributed by atoms with Crippen LogP contribution in [0.5, 0.6) is 0 Å². The molecule has 4 saturated heterocycles. The Bertz CT molecular complexity index is 7380. The molecule has 22 heterocycles. The van der Waals surface area contributed by atoms with Gasteiger partial charge in [0.2, 0.25) is 23.6 Å². The number of pyridine rings is 5. The number of fused-ring (bicyclic) bond motifs is 5. The maximum Gasteiger partial charge on any atom is 0.489 e. The summed E-state index contributed by atoms with van der Waals surface area (Å²) in [5, 5.41) is 52.3. The van der Waals surface area contributed by atoms with Gasteiger partial charge in [-0.2, -0.15) is 0 Å². The van der Waals surface area contributed by atoms with E-state index < -0.39 is 26.2 Å². The lowest BCUT2D eigenvalue weighted by Gasteiger charge is -2.19. The lowest BCUT2D eigenvalue weighted by molar-refractivity contribution is 0.0593. The second-order valence-electron chi connectivity index (χ2n) is 33.6. The largest absolute Gasteiger partial charge is 0.489 e. The first-order valence-electron chi connectivity index (χ1n) is 45.5. The number of carboxylic acid groups (broad SMARTS) is 1. The van der Waals surface area contributed by atoms with Crippen LogP contribution in [0, 0.1) is 0 Å². The Morgan fingerprint density at radius 2 is 0.718 bits per heavy atom. The fraction of sp³-hybridized carbons (Fsp3) is 0.287. The molecule has 4 atom stereocenters. The highest BCUT2D eigenvalue weighted by atomic mass is 35.5. The number of ether oxygens (including phenoxy) is 1. The quantitative estimate of drug-likeness (QED) is 0.0266. The van der Waals surface area contributed by atoms with Crippen molar-refractivity contribution >= 4 is 158 Å². The third-order valence-corrected chi connectivity index (χ3v) is 25.5. The zero-order valence-electron chi connectivity index (χ0n) is 79.4. The normalized spacial score (nSPS) is 15.3. The molecule has 0 aromatic carbocycles. The number of likely N-dealkylation sites (N-methyl/N-ethyl adjacent to an activating group) is 4. The molecule has 149 heavy (non-hydrogen) atoms. The standard InChI is InChI=1S/2C21H21ClN8O2.C15H9ClN6O3.C9H7ClN4O3.C7H6BClN2O2.C7H7BN2O2.2C6H14N2.2CH4/c2*1-29-7-2-3-13(29)9-26-20(31)18-19(23)28-17(21-24-6-8-32-21)16(27-18)12-4-5-15-25-10-14(22)30(15)11-12;16-8-5-19-9-2-1-7(6-22(8)9)10-11(14-18-3-4-25-14)21-13(17)12(20-10)15(23)24;1-16-9(15)5-7(11)14-4(6(10)13-5)8-12-2-3-17-8;9-6-3-10-7-2-1-5(8(12)13)4-11(6)7;11-8(12)6-1-2-7-9-3-4-10(7)5-6;2*1-8-4-2-3-6(8)5-7;;/h2*4-6,8,10-11,13H,2-3,7,9H2,1H3,(H2,23,28)(H,26,31);1-6H,(H2,17,21)(H,23,24);2-3H,1H3,(H2,11,14);1-4,12-13H;1-5,11-12H;2*6H,2-5,7H2,1H3;2*1H4/t2*13-;;;;;2*6-;;/m10....10../s1. The summed E-state index contributed by atoms with van der Waals surface area (Å²) < 4.78 is 34.0. The van der Waals surface area contributed by atoms with Crippen LogP contribution in [0.1, 0.15) is 108 Å². The SMILES string of the molecule is C.C.CN1CCC[C@@H]1CN.CN1CCC[C@@H]1CNC(=O)c1nc(-c2ccc3ncc(Cl)n3c2)c(-c2ncco2)nc1N.CN1CCC[C@H]1CN.CN1CCC[C@H]1CNC(=O)c1nc(-c2ccc3ncc(Cl)n3c2)c(-c2ncco2)nc1N.COC(=O)c1nc(Cl)c(-c2ncco2)nc1N.Nc1nc(-c2ncco2)c(-c2ccc3ncc(Cl)n3c2)nc1C(=O)O.OB(O)c1ccc2ncc(Cl)n2c1.OB(O)c1ccc2nccn2c1. The van der Waals surface area contributed by atoms with Crippen LogP contribution >= 0.6 is 58.0 Å². The Kier molecular flexibility index (Phi) is 38.0. The molecule has 0 radical (unpaired) electrons. The average molecular weight is 2140 g/mol. The van der Waals surface area contributed by atoms with Crippen LogP contribution in [-0.4, -0.2) is 301 Å². The van der Waals surface area contributed by atoms with Crippen molar-refractivity contribution in [3.8, 4) is 80.1 Å². The first-order valence-corrected chi connectivity index (χ1v) is 47.4. The number of carbonyl (C=O) groups is 4. The summed E-state index contributed by atoms with van der Waals surface area (Å²) in [7, 11) is 6.70. The van der Waals surface area contributed by atoms with Crippen molar-refractivity contribution in [2.45, 2.75) is 90.4 Å². The monoisotopic (exact) mass is 2130 g/mol. The van der Waals surface area contributed by atoms with Gasteiger partial charge in [-0.3, -0.25) is 27.2 Å². The number of imidazole rings is 5. The second-order valence-corrected chi connectivity index (χ2v) is 35.5. The van der Waals surface area contributed by atoms with Gasteiger partial charge in [0.05, 0.1) is 56.7 Å². The molecule has 55 heteroatoms. The van der Waals surface area contributed by atoms with Crippen molar-refractivity contribution in [2.24, 2.45) is 11.5 Å². The molecule has 4 fully saturated rings. The number of methoxy groups -OCH3 is 1. The number of carbonyl (C=O) groups excluding carboxylic acids is 3. The van der Waals surface area contributed by atoms with Gasteiger partial charge in [-0.15, -0.1) is 0 Å². The van der Waals surface area contributed by atoms with Gasteiger partial charge in [0.1, 0.15) is 91.0 Å². The maximum atomic E-state index is 12.9. The Hall–Kier alpha value is -15.1. The van der Waals surface area contributed by atoms with E-state index in [-0.39, 0.29) is 119 Å². The van der Waals surface area contributed by atoms with Gasteiger partial charge in [0.15, 0.2) is 74.0 Å². The summed E-state index contributed by atoms with van der Waals surface area (Å²) in [6, 6.07) is 19.2. The highest BCUT2D eigenvalue weighted by Crippen LogP contribution is 2.36. The average Bonchev–Trinajstić information content (AvgIpc) is 1.64. The zero-order valence-corrected chi connectivity index (χ0v) is 83.2. The Morgan fingerprint density at radius 3 is 1.05 bits per heavy atom. The molecule has 19 N–H and O–H groups in total. The predicted molar refractivity (Wildman–Crippen MR) is 563 cm³/mol. The van der Waals surface area contributed by atoms with Crippen LogP contribution < -0.4 is 56.0 Å². The van der Waals surface area contributed by atoms with Gasteiger partial charge in [0, 0.05) is 110 Å². The van der Waals surface area contributed by atoms with E-state index in [1.165, 1.54) is 114 Å². The number of nitrogens with one attached hydrogen (secondary N) is 2. The van der Waals surface area contributed by atoms with Crippen LogP contribution in [0.15, 0.2) is 196 Å². The van der Waals surface area contributed by atoms with E-state index in [0.29, 0.717) is 131 Å². The molecule has 4 aliphatic heterocycles. The third kappa shape index (κ3) is 26.7. The number of hydrogen-bond donors (Lipinski definition) is 13. The van der Waals surface area contributed by atoms with Crippen molar-refractivity contribution in [1.29, 1.82) is 0 Å². The molecule has 2 amide bonds. The number of esters is 1. The minimum atomic E-state index is -1.48. The smallest absolute Gasteiger partial charge is 0.476 e.